The van der Waals surface area contributed by atoms with Crippen LogP contribution in [-0.2, 0) is 4.79 Å². The molecule has 24 heavy (non-hydrogen) atoms. The number of amides is 1. The number of hydrogen-bond donors (Lipinski definition) is 1. The second-order valence-electron chi connectivity index (χ2n) is 6.46. The van der Waals surface area contributed by atoms with E-state index in [1.54, 1.807) is 29.7 Å². The molecule has 4 rings (SSSR count). The molecular weight excluding hydrogens is 328 g/mol. The molecule has 3 unspecified atom stereocenters. The molecule has 1 saturated carbocycles. The summed E-state index contributed by atoms with van der Waals surface area (Å²) < 4.78 is 5.05. The lowest BCUT2D eigenvalue weighted by atomic mass is 9.85. The number of rotatable bonds is 3. The Balaban J connectivity index is 1.63. The zero-order chi connectivity index (χ0) is 16.7. The van der Waals surface area contributed by atoms with E-state index >= 15 is 0 Å². The van der Waals surface area contributed by atoms with Crippen LogP contribution < -0.4 is 0 Å². The van der Waals surface area contributed by atoms with E-state index in [2.05, 4.69) is 4.98 Å². The molecule has 1 saturated heterocycles. The summed E-state index contributed by atoms with van der Waals surface area (Å²) in [6.07, 6.45) is 9.35. The van der Waals surface area contributed by atoms with Gasteiger partial charge in [0.05, 0.1) is 12.5 Å². The van der Waals surface area contributed by atoms with E-state index < -0.39 is 12.0 Å². The molecule has 2 aromatic heterocycles. The largest absolute Gasteiger partial charge is 0.480 e. The maximum atomic E-state index is 13.0. The first-order chi connectivity index (χ1) is 11.6. The van der Waals surface area contributed by atoms with Gasteiger partial charge in [0.1, 0.15) is 22.2 Å². The first-order valence-electron chi connectivity index (χ1n) is 8.19. The van der Waals surface area contributed by atoms with Gasteiger partial charge in [0, 0.05) is 11.6 Å². The van der Waals surface area contributed by atoms with Crippen molar-refractivity contribution in [2.45, 2.75) is 44.2 Å². The van der Waals surface area contributed by atoms with E-state index in [1.165, 1.54) is 11.3 Å². The van der Waals surface area contributed by atoms with Crippen LogP contribution in [0.5, 0.6) is 0 Å². The monoisotopic (exact) mass is 346 g/mol. The standard InChI is InChI=1S/C17H18N2O4S/c20-16(14-8-18-15(24-14)11-5-6-23-9-11)19-12-4-2-1-3-10(12)7-13(19)17(21)22/h5-6,8-10,12-13H,1-4,7H2,(H,21,22). The molecular formula is C17H18N2O4S. The highest BCUT2D eigenvalue weighted by Crippen LogP contribution is 2.41. The number of carbonyl (C=O) groups is 2. The lowest BCUT2D eigenvalue weighted by Gasteiger charge is -2.32. The van der Waals surface area contributed by atoms with Crippen LogP contribution in [0.25, 0.3) is 10.6 Å². The summed E-state index contributed by atoms with van der Waals surface area (Å²) in [6, 6.07) is 1.12. The first kappa shape index (κ1) is 15.4. The maximum Gasteiger partial charge on any atom is 0.326 e. The summed E-state index contributed by atoms with van der Waals surface area (Å²) >= 11 is 1.28. The quantitative estimate of drug-likeness (QED) is 0.922. The second-order valence-corrected chi connectivity index (χ2v) is 7.49. The summed E-state index contributed by atoms with van der Waals surface area (Å²) in [7, 11) is 0. The van der Waals surface area contributed by atoms with Gasteiger partial charge in [0.25, 0.3) is 5.91 Å². The number of carboxylic acid groups (broad SMARTS) is 1. The molecule has 1 aliphatic heterocycles. The molecule has 126 valence electrons. The average Bonchev–Trinajstić information content (AvgIpc) is 3.31. The minimum Gasteiger partial charge on any atom is -0.480 e. The highest BCUT2D eigenvalue weighted by atomic mass is 32.1. The van der Waals surface area contributed by atoms with Gasteiger partial charge in [-0.1, -0.05) is 12.8 Å². The molecule has 0 radical (unpaired) electrons. The molecule has 7 heteroatoms. The Morgan fingerprint density at radius 1 is 1.33 bits per heavy atom. The molecule has 0 spiro atoms. The fourth-order valence-electron chi connectivity index (χ4n) is 3.99. The highest BCUT2D eigenvalue weighted by molar-refractivity contribution is 7.16. The fourth-order valence-corrected chi connectivity index (χ4v) is 4.84. The van der Waals surface area contributed by atoms with Crippen LogP contribution in [0, 0.1) is 5.92 Å². The van der Waals surface area contributed by atoms with E-state index in [-0.39, 0.29) is 11.9 Å². The van der Waals surface area contributed by atoms with E-state index in [1.807, 2.05) is 0 Å². The summed E-state index contributed by atoms with van der Waals surface area (Å²) in [4.78, 5) is 31.1. The van der Waals surface area contributed by atoms with Crippen molar-refractivity contribution in [1.82, 2.24) is 9.88 Å². The van der Waals surface area contributed by atoms with Crippen molar-refractivity contribution in [2.75, 3.05) is 0 Å². The summed E-state index contributed by atoms with van der Waals surface area (Å²) in [5.41, 5.74) is 0.825. The Labute approximate surface area is 143 Å². The molecule has 6 nitrogen and oxygen atoms in total. The molecule has 2 fully saturated rings. The second kappa shape index (κ2) is 6.05. The molecule has 2 aliphatic rings. The van der Waals surface area contributed by atoms with Crippen LogP contribution in [0.3, 0.4) is 0 Å². The zero-order valence-electron chi connectivity index (χ0n) is 13.1. The van der Waals surface area contributed by atoms with E-state index in [9.17, 15) is 14.7 Å². The molecule has 3 heterocycles. The molecule has 3 atom stereocenters. The van der Waals surface area contributed by atoms with Crippen molar-refractivity contribution >= 4 is 23.2 Å². The molecule has 1 amide bonds. The van der Waals surface area contributed by atoms with Crippen LogP contribution in [0.15, 0.2) is 29.2 Å². The summed E-state index contributed by atoms with van der Waals surface area (Å²) in [5, 5.41) is 10.3. The summed E-state index contributed by atoms with van der Waals surface area (Å²) in [5.74, 6) is -0.800. The number of likely N-dealkylation sites (tertiary alicyclic amines) is 1. The Morgan fingerprint density at radius 3 is 2.92 bits per heavy atom. The number of hydrogen-bond acceptors (Lipinski definition) is 5. The van der Waals surface area contributed by atoms with Gasteiger partial charge in [-0.15, -0.1) is 11.3 Å². The van der Waals surface area contributed by atoms with Crippen molar-refractivity contribution < 1.29 is 19.1 Å². The molecule has 0 bridgehead atoms. The van der Waals surface area contributed by atoms with Crippen LogP contribution in [-0.4, -0.2) is 39.0 Å². The van der Waals surface area contributed by atoms with Crippen molar-refractivity contribution in [1.29, 1.82) is 0 Å². The third kappa shape index (κ3) is 2.53. The molecule has 1 N–H and O–H groups in total. The van der Waals surface area contributed by atoms with Crippen molar-refractivity contribution in [3.8, 4) is 10.6 Å². The van der Waals surface area contributed by atoms with Gasteiger partial charge in [-0.2, -0.15) is 0 Å². The SMILES string of the molecule is O=C(O)C1CC2CCCCC2N1C(=O)c1cnc(-c2ccoc2)s1. The Morgan fingerprint density at radius 2 is 2.17 bits per heavy atom. The Kier molecular flexibility index (Phi) is 3.88. The minimum atomic E-state index is -0.905. The van der Waals surface area contributed by atoms with E-state index in [4.69, 9.17) is 4.42 Å². The Bertz CT molecular complexity index is 754. The number of carbonyl (C=O) groups excluding carboxylic acids is 1. The lowest BCUT2D eigenvalue weighted by Crippen LogP contribution is -2.46. The van der Waals surface area contributed by atoms with Crippen molar-refractivity contribution in [3.05, 3.63) is 29.7 Å². The lowest BCUT2D eigenvalue weighted by molar-refractivity contribution is -0.141. The van der Waals surface area contributed by atoms with Gasteiger partial charge in [-0.3, -0.25) is 4.79 Å². The van der Waals surface area contributed by atoms with Gasteiger partial charge >= 0.3 is 5.97 Å². The van der Waals surface area contributed by atoms with Crippen LogP contribution in [0.1, 0.15) is 41.8 Å². The van der Waals surface area contributed by atoms with E-state index in [0.29, 0.717) is 22.2 Å². The van der Waals surface area contributed by atoms with Gasteiger partial charge in [-0.05, 0) is 31.2 Å². The molecule has 0 aromatic carbocycles. The predicted octanol–water partition coefficient (Wildman–Crippen LogP) is 3.26. The smallest absolute Gasteiger partial charge is 0.326 e. The van der Waals surface area contributed by atoms with Crippen molar-refractivity contribution in [2.24, 2.45) is 5.92 Å². The fraction of sp³-hybridized carbons (Fsp3) is 0.471. The molecule has 2 aromatic rings. The number of aliphatic carboxylic acids is 1. The third-order valence-corrected chi connectivity index (χ3v) is 6.13. The van der Waals surface area contributed by atoms with Crippen LogP contribution in [0.4, 0.5) is 0 Å². The molecule has 1 aliphatic carbocycles. The number of nitrogens with zero attached hydrogens (tertiary/aromatic N) is 2. The number of fused-ring (bicyclic) bond motifs is 1. The highest BCUT2D eigenvalue weighted by Gasteiger charge is 2.48. The predicted molar refractivity (Wildman–Crippen MR) is 87.8 cm³/mol. The van der Waals surface area contributed by atoms with Gasteiger partial charge < -0.3 is 14.4 Å². The van der Waals surface area contributed by atoms with Gasteiger partial charge in [-0.25, -0.2) is 9.78 Å². The number of aromatic nitrogens is 1. The number of furan rings is 1. The normalized spacial score (nSPS) is 26.3. The first-order valence-corrected chi connectivity index (χ1v) is 9.00. The zero-order valence-corrected chi connectivity index (χ0v) is 13.9. The number of thiazole rings is 1. The average molecular weight is 346 g/mol. The topological polar surface area (TPSA) is 83.6 Å². The van der Waals surface area contributed by atoms with Crippen LogP contribution in [0.2, 0.25) is 0 Å². The van der Waals surface area contributed by atoms with Crippen molar-refractivity contribution in [3.63, 3.8) is 0 Å². The maximum absolute atomic E-state index is 13.0. The van der Waals surface area contributed by atoms with Gasteiger partial charge in [0.15, 0.2) is 0 Å². The van der Waals surface area contributed by atoms with Crippen LogP contribution >= 0.6 is 11.3 Å². The minimum absolute atomic E-state index is 0.0480. The third-order valence-electron chi connectivity index (χ3n) is 5.09. The Hall–Kier alpha value is -2.15. The van der Waals surface area contributed by atoms with E-state index in [0.717, 1.165) is 31.2 Å². The summed E-state index contributed by atoms with van der Waals surface area (Å²) in [6.45, 7) is 0. The number of carboxylic acids is 1. The van der Waals surface area contributed by atoms with Gasteiger partial charge in [0.2, 0.25) is 0 Å².